The summed E-state index contributed by atoms with van der Waals surface area (Å²) in [5.74, 6) is 0.0180. The van der Waals surface area contributed by atoms with Gasteiger partial charge < -0.3 is 29.0 Å². The molecule has 3 aliphatic rings. The van der Waals surface area contributed by atoms with Crippen LogP contribution >= 0.6 is 0 Å². The molecule has 31 heavy (non-hydrogen) atoms. The van der Waals surface area contributed by atoms with Crippen molar-refractivity contribution in [3.05, 3.63) is 11.6 Å². The van der Waals surface area contributed by atoms with Crippen molar-refractivity contribution in [1.29, 1.82) is 0 Å². The SMILES string of the molecule is COC1C(OC(=O)NC(C)(C)COC(C)C)CC[C@]2(CO2)C1C1(C)O[C@@H]1CC=C(C)C. The molecule has 3 rings (SSSR count). The molecule has 7 nitrogen and oxygen atoms in total. The van der Waals surface area contributed by atoms with Crippen LogP contribution in [0.15, 0.2) is 11.6 Å². The normalized spacial score (nSPS) is 36.9. The van der Waals surface area contributed by atoms with Crippen LogP contribution in [-0.2, 0) is 23.7 Å². The summed E-state index contributed by atoms with van der Waals surface area (Å²) in [5.41, 5.74) is 0.186. The molecule has 1 saturated carbocycles. The molecule has 0 aromatic heterocycles. The fourth-order valence-electron chi connectivity index (χ4n) is 4.92. The summed E-state index contributed by atoms with van der Waals surface area (Å²) in [5, 5.41) is 2.94. The number of nitrogens with one attached hydrogen (secondary N) is 1. The van der Waals surface area contributed by atoms with Crippen LogP contribution in [0.2, 0.25) is 0 Å². The molecule has 2 heterocycles. The lowest BCUT2D eigenvalue weighted by molar-refractivity contribution is -0.119. The zero-order chi connectivity index (χ0) is 23.0. The van der Waals surface area contributed by atoms with Gasteiger partial charge in [0.15, 0.2) is 0 Å². The van der Waals surface area contributed by atoms with Crippen LogP contribution in [-0.4, -0.2) is 67.6 Å². The van der Waals surface area contributed by atoms with Crippen LogP contribution in [0.5, 0.6) is 0 Å². The lowest BCUT2D eigenvalue weighted by atomic mass is 9.68. The highest BCUT2D eigenvalue weighted by Gasteiger charge is 2.72. The molecule has 2 saturated heterocycles. The summed E-state index contributed by atoms with van der Waals surface area (Å²) in [4.78, 5) is 12.7. The molecule has 6 atom stereocenters. The zero-order valence-electron chi connectivity index (χ0n) is 20.4. The van der Waals surface area contributed by atoms with E-state index in [1.54, 1.807) is 7.11 Å². The fraction of sp³-hybridized carbons (Fsp3) is 0.875. The highest BCUT2D eigenvalue weighted by atomic mass is 16.6. The Morgan fingerprint density at radius 2 is 2.00 bits per heavy atom. The van der Waals surface area contributed by atoms with Gasteiger partial charge in [0.1, 0.15) is 23.4 Å². The van der Waals surface area contributed by atoms with Crippen molar-refractivity contribution in [2.24, 2.45) is 5.92 Å². The summed E-state index contributed by atoms with van der Waals surface area (Å²) >= 11 is 0. The Morgan fingerprint density at radius 3 is 2.55 bits per heavy atom. The van der Waals surface area contributed by atoms with Gasteiger partial charge in [0, 0.05) is 7.11 Å². The molecule has 2 aliphatic heterocycles. The summed E-state index contributed by atoms with van der Waals surface area (Å²) in [7, 11) is 1.69. The molecule has 0 radical (unpaired) electrons. The number of hydrogen-bond acceptors (Lipinski definition) is 6. The Balaban J connectivity index is 1.66. The van der Waals surface area contributed by atoms with Crippen molar-refractivity contribution in [2.45, 2.75) is 109 Å². The quantitative estimate of drug-likeness (QED) is 0.432. The Kier molecular flexibility index (Phi) is 7.11. The van der Waals surface area contributed by atoms with Crippen LogP contribution in [0.1, 0.15) is 67.7 Å². The highest BCUT2D eigenvalue weighted by molar-refractivity contribution is 5.68. The van der Waals surface area contributed by atoms with Gasteiger partial charge in [-0.25, -0.2) is 4.79 Å². The fourth-order valence-corrected chi connectivity index (χ4v) is 4.92. The van der Waals surface area contributed by atoms with E-state index < -0.39 is 11.6 Å². The molecule has 1 N–H and O–H groups in total. The average Bonchev–Trinajstić information content (AvgIpc) is 3.57. The molecule has 1 aliphatic carbocycles. The number of rotatable bonds is 9. The Morgan fingerprint density at radius 1 is 1.32 bits per heavy atom. The van der Waals surface area contributed by atoms with E-state index in [9.17, 15) is 4.79 Å². The molecule has 1 amide bonds. The number of ether oxygens (including phenoxy) is 5. The Bertz CT molecular complexity index is 682. The van der Waals surface area contributed by atoms with E-state index in [1.807, 2.05) is 27.7 Å². The maximum absolute atomic E-state index is 12.7. The molecular weight excluding hydrogens is 398 g/mol. The minimum absolute atomic E-state index is 0.0180. The number of carbonyl (C=O) groups excluding carboxylic acids is 1. The van der Waals surface area contributed by atoms with Gasteiger partial charge in [-0.15, -0.1) is 0 Å². The summed E-state index contributed by atoms with van der Waals surface area (Å²) < 4.78 is 29.7. The summed E-state index contributed by atoms with van der Waals surface area (Å²) in [6, 6.07) is 0. The van der Waals surface area contributed by atoms with Crippen LogP contribution in [0.4, 0.5) is 4.79 Å². The average molecular weight is 440 g/mol. The molecule has 0 bridgehead atoms. The van der Waals surface area contributed by atoms with Gasteiger partial charge in [-0.05, 0) is 67.7 Å². The zero-order valence-corrected chi connectivity index (χ0v) is 20.4. The first-order chi connectivity index (χ1) is 14.4. The molecule has 0 aromatic carbocycles. The Labute approximate surface area is 187 Å². The standard InChI is InChI=1S/C24H41NO6/c1-15(2)9-10-18-23(7,31-18)20-19(27-8)17(11-12-24(20)14-29-24)30-21(26)25-22(5,6)13-28-16(3)4/h9,16-20H,10-14H2,1-8H3,(H,25,26)/t17?,18-,19?,20?,23?,24+/m1/s1. The smallest absolute Gasteiger partial charge is 0.407 e. The number of alkyl carbamates (subject to hydrolysis) is 1. The predicted octanol–water partition coefficient (Wildman–Crippen LogP) is 3.99. The van der Waals surface area contributed by atoms with Gasteiger partial charge in [0.05, 0.1) is 36.9 Å². The van der Waals surface area contributed by atoms with E-state index in [1.165, 1.54) is 5.57 Å². The van der Waals surface area contributed by atoms with E-state index in [2.05, 4.69) is 32.2 Å². The number of amides is 1. The highest BCUT2D eigenvalue weighted by Crippen LogP contribution is 2.59. The minimum atomic E-state index is -0.528. The predicted molar refractivity (Wildman–Crippen MR) is 118 cm³/mol. The molecule has 1 spiro atoms. The third kappa shape index (κ3) is 5.62. The van der Waals surface area contributed by atoms with Crippen molar-refractivity contribution in [1.82, 2.24) is 5.32 Å². The maximum atomic E-state index is 12.7. The number of carbonyl (C=O) groups is 1. The van der Waals surface area contributed by atoms with Gasteiger partial charge in [-0.3, -0.25) is 0 Å². The van der Waals surface area contributed by atoms with E-state index in [-0.39, 0.29) is 41.5 Å². The van der Waals surface area contributed by atoms with Crippen molar-refractivity contribution in [3.63, 3.8) is 0 Å². The molecule has 178 valence electrons. The largest absolute Gasteiger partial charge is 0.443 e. The van der Waals surface area contributed by atoms with E-state index in [0.717, 1.165) is 12.8 Å². The third-order valence-electron chi connectivity index (χ3n) is 6.71. The van der Waals surface area contributed by atoms with Gasteiger partial charge >= 0.3 is 6.09 Å². The molecular formula is C24H41NO6. The Hall–Kier alpha value is -1.15. The van der Waals surface area contributed by atoms with Crippen molar-refractivity contribution in [3.8, 4) is 0 Å². The van der Waals surface area contributed by atoms with Crippen LogP contribution in [0.25, 0.3) is 0 Å². The van der Waals surface area contributed by atoms with Gasteiger partial charge in [-0.1, -0.05) is 11.6 Å². The molecule has 0 aromatic rings. The number of epoxide rings is 2. The lowest BCUT2D eigenvalue weighted by Gasteiger charge is -2.43. The molecule has 3 fully saturated rings. The number of allylic oxidation sites excluding steroid dienone is 1. The van der Waals surface area contributed by atoms with Crippen molar-refractivity contribution in [2.75, 3.05) is 20.3 Å². The topological polar surface area (TPSA) is 81.9 Å². The van der Waals surface area contributed by atoms with E-state index in [4.69, 9.17) is 23.7 Å². The first kappa shape index (κ1) is 24.5. The number of methoxy groups -OCH3 is 1. The lowest BCUT2D eigenvalue weighted by Crippen LogP contribution is -2.57. The van der Waals surface area contributed by atoms with Crippen LogP contribution in [0.3, 0.4) is 0 Å². The maximum Gasteiger partial charge on any atom is 0.407 e. The van der Waals surface area contributed by atoms with Crippen molar-refractivity contribution >= 4 is 6.09 Å². The summed E-state index contributed by atoms with van der Waals surface area (Å²) in [6.07, 6.45) is 3.79. The third-order valence-corrected chi connectivity index (χ3v) is 6.71. The second-order valence-corrected chi connectivity index (χ2v) is 10.7. The van der Waals surface area contributed by atoms with E-state index >= 15 is 0 Å². The van der Waals surface area contributed by atoms with Crippen LogP contribution < -0.4 is 5.32 Å². The second kappa shape index (κ2) is 9.00. The molecule has 4 unspecified atom stereocenters. The minimum Gasteiger partial charge on any atom is -0.443 e. The first-order valence-corrected chi connectivity index (χ1v) is 11.5. The van der Waals surface area contributed by atoms with Gasteiger partial charge in [-0.2, -0.15) is 0 Å². The summed E-state index contributed by atoms with van der Waals surface area (Å²) in [6.45, 7) is 15.3. The molecule has 7 heteroatoms. The van der Waals surface area contributed by atoms with Crippen molar-refractivity contribution < 1.29 is 28.5 Å². The first-order valence-electron chi connectivity index (χ1n) is 11.5. The number of hydrogen-bond donors (Lipinski definition) is 1. The van der Waals surface area contributed by atoms with Gasteiger partial charge in [0.2, 0.25) is 0 Å². The van der Waals surface area contributed by atoms with Gasteiger partial charge in [0.25, 0.3) is 0 Å². The van der Waals surface area contributed by atoms with Crippen LogP contribution in [0, 0.1) is 5.92 Å². The monoisotopic (exact) mass is 439 g/mol. The van der Waals surface area contributed by atoms with E-state index in [0.29, 0.717) is 19.6 Å². The second-order valence-electron chi connectivity index (χ2n) is 10.7.